The fourth-order valence-electron chi connectivity index (χ4n) is 2.07. The molecule has 0 spiro atoms. The third kappa shape index (κ3) is 2.90. The smallest absolute Gasteiger partial charge is 0.272 e. The fourth-order valence-corrected chi connectivity index (χ4v) is 2.07. The minimum absolute atomic E-state index is 0.0419. The number of amides is 1. The van der Waals surface area contributed by atoms with Gasteiger partial charge in [0.1, 0.15) is 0 Å². The normalized spacial score (nSPS) is 16.5. The Labute approximate surface area is 111 Å². The van der Waals surface area contributed by atoms with Crippen LogP contribution in [0.25, 0.3) is 0 Å². The van der Waals surface area contributed by atoms with Crippen LogP contribution in [-0.2, 0) is 4.79 Å². The summed E-state index contributed by atoms with van der Waals surface area (Å²) in [5.41, 5.74) is 1.21. The van der Waals surface area contributed by atoms with Crippen LogP contribution in [-0.4, -0.2) is 23.9 Å². The molecule has 0 aromatic heterocycles. The SMILES string of the molecule is Cc1cc(NC(=O)C(C)C2CNC2)ccc1[N+](=O)[O-]. The fraction of sp³-hybridized carbons (Fsp3) is 0.462. The van der Waals surface area contributed by atoms with Gasteiger partial charge in [-0.1, -0.05) is 6.92 Å². The summed E-state index contributed by atoms with van der Waals surface area (Å²) >= 11 is 0. The van der Waals surface area contributed by atoms with Gasteiger partial charge in [0.2, 0.25) is 5.91 Å². The first kappa shape index (κ1) is 13.5. The van der Waals surface area contributed by atoms with Gasteiger partial charge in [0.25, 0.3) is 5.69 Å². The molecule has 0 radical (unpaired) electrons. The van der Waals surface area contributed by atoms with Crippen molar-refractivity contribution >= 4 is 17.3 Å². The first-order valence-corrected chi connectivity index (χ1v) is 6.25. The maximum atomic E-state index is 12.0. The average molecular weight is 263 g/mol. The average Bonchev–Trinajstić information content (AvgIpc) is 2.25. The molecule has 6 heteroatoms. The van der Waals surface area contributed by atoms with Gasteiger partial charge in [0, 0.05) is 23.2 Å². The summed E-state index contributed by atoms with van der Waals surface area (Å²) in [6.45, 7) is 5.30. The zero-order chi connectivity index (χ0) is 14.0. The van der Waals surface area contributed by atoms with Gasteiger partial charge in [-0.25, -0.2) is 0 Å². The van der Waals surface area contributed by atoms with Crippen LogP contribution in [0.1, 0.15) is 12.5 Å². The Balaban J connectivity index is 2.04. The summed E-state index contributed by atoms with van der Waals surface area (Å²) in [5, 5.41) is 16.7. The van der Waals surface area contributed by atoms with Gasteiger partial charge in [-0.3, -0.25) is 14.9 Å². The number of hydrogen-bond acceptors (Lipinski definition) is 4. The third-order valence-corrected chi connectivity index (χ3v) is 3.59. The van der Waals surface area contributed by atoms with E-state index < -0.39 is 4.92 Å². The van der Waals surface area contributed by atoms with Crippen LogP contribution in [0.2, 0.25) is 0 Å². The molecule has 0 saturated carbocycles. The van der Waals surface area contributed by atoms with Gasteiger partial charge in [0.05, 0.1) is 4.92 Å². The number of carbonyl (C=O) groups is 1. The lowest BCUT2D eigenvalue weighted by Gasteiger charge is -2.31. The molecule has 1 aliphatic rings. The number of rotatable bonds is 4. The molecule has 1 aromatic rings. The number of carbonyl (C=O) groups excluding carboxylic acids is 1. The van der Waals surface area contributed by atoms with Crippen LogP contribution in [0.15, 0.2) is 18.2 Å². The Morgan fingerprint density at radius 3 is 2.68 bits per heavy atom. The molecule has 19 heavy (non-hydrogen) atoms. The minimum atomic E-state index is -0.427. The Bertz CT molecular complexity index is 512. The van der Waals surface area contributed by atoms with Crippen molar-refractivity contribution in [1.82, 2.24) is 5.32 Å². The van der Waals surface area contributed by atoms with Crippen LogP contribution in [0.5, 0.6) is 0 Å². The summed E-state index contributed by atoms with van der Waals surface area (Å²) < 4.78 is 0. The second-order valence-electron chi connectivity index (χ2n) is 4.95. The first-order chi connectivity index (χ1) is 8.99. The predicted molar refractivity (Wildman–Crippen MR) is 72.0 cm³/mol. The Morgan fingerprint density at radius 1 is 1.53 bits per heavy atom. The van der Waals surface area contributed by atoms with Crippen molar-refractivity contribution in [3.63, 3.8) is 0 Å². The molecule has 102 valence electrons. The van der Waals surface area contributed by atoms with Gasteiger partial charge in [0.15, 0.2) is 0 Å². The van der Waals surface area contributed by atoms with Crippen molar-refractivity contribution in [3.8, 4) is 0 Å². The lowest BCUT2D eigenvalue weighted by atomic mass is 9.88. The molecule has 2 N–H and O–H groups in total. The standard InChI is InChI=1S/C13H17N3O3/c1-8-5-11(3-4-12(8)16(18)19)15-13(17)9(2)10-6-14-7-10/h3-5,9-10,14H,6-7H2,1-2H3,(H,15,17). The van der Waals surface area contributed by atoms with Crippen molar-refractivity contribution in [1.29, 1.82) is 0 Å². The van der Waals surface area contributed by atoms with E-state index in [0.29, 0.717) is 17.2 Å². The number of nitrogens with one attached hydrogen (secondary N) is 2. The van der Waals surface area contributed by atoms with Crippen molar-refractivity contribution in [3.05, 3.63) is 33.9 Å². The zero-order valence-corrected chi connectivity index (χ0v) is 11.0. The Morgan fingerprint density at radius 2 is 2.21 bits per heavy atom. The number of benzene rings is 1. The molecule has 1 saturated heterocycles. The molecule has 1 amide bonds. The lowest BCUT2D eigenvalue weighted by Crippen LogP contribution is -2.48. The largest absolute Gasteiger partial charge is 0.326 e. The highest BCUT2D eigenvalue weighted by molar-refractivity contribution is 5.92. The van der Waals surface area contributed by atoms with E-state index >= 15 is 0 Å². The predicted octanol–water partition coefficient (Wildman–Crippen LogP) is 1.70. The number of nitro benzene ring substituents is 1. The summed E-state index contributed by atoms with van der Waals surface area (Å²) in [6.07, 6.45) is 0. The number of hydrogen-bond donors (Lipinski definition) is 2. The molecule has 1 aromatic carbocycles. The van der Waals surface area contributed by atoms with Gasteiger partial charge in [-0.05, 0) is 38.1 Å². The van der Waals surface area contributed by atoms with Gasteiger partial charge in [-0.2, -0.15) is 0 Å². The second kappa shape index (κ2) is 5.36. The highest BCUT2D eigenvalue weighted by Crippen LogP contribution is 2.23. The van der Waals surface area contributed by atoms with E-state index in [1.54, 1.807) is 19.1 Å². The van der Waals surface area contributed by atoms with Gasteiger partial charge < -0.3 is 10.6 Å². The lowest BCUT2D eigenvalue weighted by molar-refractivity contribution is -0.385. The van der Waals surface area contributed by atoms with Gasteiger partial charge in [-0.15, -0.1) is 0 Å². The minimum Gasteiger partial charge on any atom is -0.326 e. The van der Waals surface area contributed by atoms with Gasteiger partial charge >= 0.3 is 0 Å². The molecular weight excluding hydrogens is 246 g/mol. The molecule has 2 rings (SSSR count). The third-order valence-electron chi connectivity index (χ3n) is 3.59. The monoisotopic (exact) mass is 263 g/mol. The van der Waals surface area contributed by atoms with Crippen LogP contribution < -0.4 is 10.6 Å². The summed E-state index contributed by atoms with van der Waals surface area (Å²) in [4.78, 5) is 22.3. The molecule has 1 atom stereocenters. The molecular formula is C13H17N3O3. The van der Waals surface area contributed by atoms with E-state index in [0.717, 1.165) is 13.1 Å². The van der Waals surface area contributed by atoms with Crippen molar-refractivity contribution in [2.45, 2.75) is 13.8 Å². The highest BCUT2D eigenvalue weighted by Gasteiger charge is 2.28. The molecule has 1 unspecified atom stereocenters. The van der Waals surface area contributed by atoms with Crippen LogP contribution in [0.3, 0.4) is 0 Å². The zero-order valence-electron chi connectivity index (χ0n) is 11.0. The maximum absolute atomic E-state index is 12.0. The molecule has 1 aliphatic heterocycles. The summed E-state index contributed by atoms with van der Waals surface area (Å²) in [5.74, 6) is 0.274. The molecule has 6 nitrogen and oxygen atoms in total. The highest BCUT2D eigenvalue weighted by atomic mass is 16.6. The van der Waals surface area contributed by atoms with E-state index in [1.807, 2.05) is 6.92 Å². The van der Waals surface area contributed by atoms with Crippen molar-refractivity contribution in [2.24, 2.45) is 11.8 Å². The number of nitro groups is 1. The first-order valence-electron chi connectivity index (χ1n) is 6.25. The molecule has 0 bridgehead atoms. The van der Waals surface area contributed by atoms with Crippen molar-refractivity contribution in [2.75, 3.05) is 18.4 Å². The van der Waals surface area contributed by atoms with E-state index in [2.05, 4.69) is 10.6 Å². The van der Waals surface area contributed by atoms with E-state index in [-0.39, 0.29) is 17.5 Å². The summed E-state index contributed by atoms with van der Waals surface area (Å²) in [6, 6.07) is 4.61. The molecule has 0 aliphatic carbocycles. The quantitative estimate of drug-likeness (QED) is 0.639. The van der Waals surface area contributed by atoms with Crippen LogP contribution in [0.4, 0.5) is 11.4 Å². The van der Waals surface area contributed by atoms with Crippen LogP contribution in [0, 0.1) is 28.9 Å². The maximum Gasteiger partial charge on any atom is 0.272 e. The van der Waals surface area contributed by atoms with E-state index in [4.69, 9.17) is 0 Å². The van der Waals surface area contributed by atoms with E-state index in [1.165, 1.54) is 6.07 Å². The number of aryl methyl sites for hydroxylation is 1. The number of anilines is 1. The molecule has 1 fully saturated rings. The Kier molecular flexibility index (Phi) is 3.80. The summed E-state index contributed by atoms with van der Waals surface area (Å²) in [7, 11) is 0. The topological polar surface area (TPSA) is 84.3 Å². The van der Waals surface area contributed by atoms with E-state index in [9.17, 15) is 14.9 Å². The van der Waals surface area contributed by atoms with Crippen LogP contribution >= 0.6 is 0 Å². The number of nitrogens with zero attached hydrogens (tertiary/aromatic N) is 1. The molecule has 1 heterocycles. The second-order valence-corrected chi connectivity index (χ2v) is 4.95. The Hall–Kier alpha value is -1.95. The van der Waals surface area contributed by atoms with Crippen molar-refractivity contribution < 1.29 is 9.72 Å².